The van der Waals surface area contributed by atoms with Gasteiger partial charge in [0.2, 0.25) is 5.82 Å². The normalized spacial score (nSPS) is 16.5. The lowest BCUT2D eigenvalue weighted by atomic mass is 9.93. The molecule has 33 heavy (non-hydrogen) atoms. The Kier molecular flexibility index (Phi) is 7.15. The number of hydrogen-bond acceptors (Lipinski definition) is 4. The van der Waals surface area contributed by atoms with Crippen LogP contribution in [0.1, 0.15) is 57.2 Å². The number of nitrogens with zero attached hydrogens (tertiary/aromatic N) is 3. The number of allylic oxidation sites excluding steroid dienone is 1. The fourth-order valence-corrected chi connectivity index (χ4v) is 4.43. The summed E-state index contributed by atoms with van der Waals surface area (Å²) in [5.41, 5.74) is 5.24. The summed E-state index contributed by atoms with van der Waals surface area (Å²) < 4.78 is 5.80. The van der Waals surface area contributed by atoms with Gasteiger partial charge in [-0.3, -0.25) is 0 Å². The third-order valence-electron chi connectivity index (χ3n) is 6.01. The number of benzene rings is 2. The van der Waals surface area contributed by atoms with Gasteiger partial charge in [0, 0.05) is 22.8 Å². The van der Waals surface area contributed by atoms with Crippen molar-refractivity contribution in [3.63, 3.8) is 0 Å². The minimum atomic E-state index is -0.169. The zero-order valence-corrected chi connectivity index (χ0v) is 21.0. The zero-order chi connectivity index (χ0) is 23.5. The molecule has 1 aromatic heterocycles. The van der Waals surface area contributed by atoms with Crippen molar-refractivity contribution >= 4 is 34.5 Å². The summed E-state index contributed by atoms with van der Waals surface area (Å²) in [5.74, 6) is 1.60. The van der Waals surface area contributed by atoms with Gasteiger partial charge in [-0.25, -0.2) is 0 Å². The van der Waals surface area contributed by atoms with Gasteiger partial charge >= 0.3 is 0 Å². The van der Waals surface area contributed by atoms with Gasteiger partial charge in [-0.05, 0) is 73.3 Å². The number of aryl methyl sites for hydroxylation is 1. The smallest absolute Gasteiger partial charge is 0.258 e. The van der Waals surface area contributed by atoms with E-state index in [2.05, 4.69) is 67.3 Å². The minimum absolute atomic E-state index is 0.169. The fourth-order valence-electron chi connectivity index (χ4n) is 3.96. The second kappa shape index (κ2) is 10.1. The van der Waals surface area contributed by atoms with Crippen molar-refractivity contribution < 1.29 is 4.52 Å². The average molecular weight is 481 g/mol. The lowest BCUT2D eigenvalue weighted by Gasteiger charge is -2.37. The molecule has 3 aromatic rings. The number of rotatable bonds is 7. The summed E-state index contributed by atoms with van der Waals surface area (Å²) in [6.07, 6.45) is 2.03. The van der Waals surface area contributed by atoms with Gasteiger partial charge in [0.15, 0.2) is 5.11 Å². The lowest BCUT2D eigenvalue weighted by molar-refractivity contribution is 0.390. The van der Waals surface area contributed by atoms with Crippen molar-refractivity contribution in [3.05, 3.63) is 76.3 Å². The Morgan fingerprint density at radius 2 is 1.82 bits per heavy atom. The van der Waals surface area contributed by atoms with E-state index in [1.165, 1.54) is 5.56 Å². The van der Waals surface area contributed by atoms with Crippen LogP contribution in [0, 0.1) is 5.92 Å². The molecule has 5 nitrogen and oxygen atoms in total. The van der Waals surface area contributed by atoms with Crippen LogP contribution in [0.3, 0.4) is 0 Å². The van der Waals surface area contributed by atoms with Crippen molar-refractivity contribution in [1.82, 2.24) is 20.4 Å². The molecule has 2 aromatic carbocycles. The van der Waals surface area contributed by atoms with E-state index in [1.807, 2.05) is 24.3 Å². The molecule has 4 rings (SSSR count). The Morgan fingerprint density at radius 3 is 2.45 bits per heavy atom. The predicted octanol–water partition coefficient (Wildman–Crippen LogP) is 6.66. The maximum atomic E-state index is 6.04. The first-order valence-corrected chi connectivity index (χ1v) is 12.1. The van der Waals surface area contributed by atoms with Crippen LogP contribution in [-0.2, 0) is 6.42 Å². The molecule has 0 spiro atoms. The minimum Gasteiger partial charge on any atom is -0.351 e. The van der Waals surface area contributed by atoms with Crippen LogP contribution < -0.4 is 5.32 Å². The maximum Gasteiger partial charge on any atom is 0.258 e. The Morgan fingerprint density at radius 1 is 1.12 bits per heavy atom. The van der Waals surface area contributed by atoms with E-state index in [9.17, 15) is 0 Å². The molecule has 7 heteroatoms. The van der Waals surface area contributed by atoms with E-state index in [0.29, 0.717) is 22.7 Å². The Labute approximate surface area is 205 Å². The van der Waals surface area contributed by atoms with Crippen molar-refractivity contribution in [3.8, 4) is 11.4 Å². The van der Waals surface area contributed by atoms with Crippen molar-refractivity contribution in [2.75, 3.05) is 6.54 Å². The van der Waals surface area contributed by atoms with E-state index in [0.717, 1.165) is 46.9 Å². The van der Waals surface area contributed by atoms with Crippen LogP contribution in [0.2, 0.25) is 5.02 Å². The van der Waals surface area contributed by atoms with E-state index in [4.69, 9.17) is 33.3 Å². The van der Waals surface area contributed by atoms with Gasteiger partial charge in [-0.1, -0.05) is 61.8 Å². The molecular formula is C26H29ClN4OS. The topological polar surface area (TPSA) is 54.2 Å². The summed E-state index contributed by atoms with van der Waals surface area (Å²) >= 11 is 11.8. The van der Waals surface area contributed by atoms with Crippen molar-refractivity contribution in [2.24, 2.45) is 5.92 Å². The summed E-state index contributed by atoms with van der Waals surface area (Å²) in [5, 5.41) is 9.18. The van der Waals surface area contributed by atoms with Crippen LogP contribution >= 0.6 is 23.8 Å². The van der Waals surface area contributed by atoms with Crippen molar-refractivity contribution in [1.29, 1.82) is 0 Å². The standard InChI is InChI=1S/C26H29ClN4OS/c1-5-18-6-8-19(9-7-18)23-22(17(4)31(26(33)28-23)15-14-16(2)3)25-29-24(30-32-25)20-10-12-21(27)13-11-20/h6-13,16,23H,5,14-15H2,1-4H3,(H,28,33). The molecular weight excluding hydrogens is 452 g/mol. The van der Waals surface area contributed by atoms with Gasteiger partial charge in [-0.2, -0.15) is 4.98 Å². The van der Waals surface area contributed by atoms with Gasteiger partial charge in [-0.15, -0.1) is 0 Å². The molecule has 2 heterocycles. The predicted molar refractivity (Wildman–Crippen MR) is 138 cm³/mol. The van der Waals surface area contributed by atoms with E-state index in [-0.39, 0.29) is 6.04 Å². The molecule has 0 fully saturated rings. The maximum absolute atomic E-state index is 6.04. The fraction of sp³-hybridized carbons (Fsp3) is 0.346. The van der Waals surface area contributed by atoms with Crippen LogP contribution in [-0.4, -0.2) is 26.7 Å². The summed E-state index contributed by atoms with van der Waals surface area (Å²) in [7, 11) is 0. The van der Waals surface area contributed by atoms with Crippen LogP contribution in [0.25, 0.3) is 17.0 Å². The second-order valence-electron chi connectivity index (χ2n) is 8.74. The molecule has 1 aliphatic heterocycles. The van der Waals surface area contributed by atoms with E-state index >= 15 is 0 Å². The number of hydrogen-bond donors (Lipinski definition) is 1. The highest BCUT2D eigenvalue weighted by molar-refractivity contribution is 7.80. The third kappa shape index (κ3) is 5.12. The van der Waals surface area contributed by atoms with Gasteiger partial charge < -0.3 is 14.7 Å². The third-order valence-corrected chi connectivity index (χ3v) is 6.60. The monoisotopic (exact) mass is 480 g/mol. The van der Waals surface area contributed by atoms with Crippen LogP contribution in [0.4, 0.5) is 0 Å². The van der Waals surface area contributed by atoms with Gasteiger partial charge in [0.25, 0.3) is 5.89 Å². The van der Waals surface area contributed by atoms with E-state index in [1.54, 1.807) is 0 Å². The molecule has 1 unspecified atom stereocenters. The SMILES string of the molecule is CCc1ccc(C2NC(=S)N(CCC(C)C)C(C)=C2c2nc(-c3ccc(Cl)cc3)no2)cc1. The molecule has 0 saturated heterocycles. The summed E-state index contributed by atoms with van der Waals surface area (Å²) in [6, 6.07) is 15.9. The zero-order valence-electron chi connectivity index (χ0n) is 19.4. The first kappa shape index (κ1) is 23.5. The van der Waals surface area contributed by atoms with Crippen LogP contribution in [0.15, 0.2) is 58.8 Å². The number of nitrogens with one attached hydrogen (secondary N) is 1. The van der Waals surface area contributed by atoms with Crippen LogP contribution in [0.5, 0.6) is 0 Å². The van der Waals surface area contributed by atoms with E-state index < -0.39 is 0 Å². The molecule has 0 amide bonds. The number of thiocarbonyl (C=S) groups is 1. The molecule has 1 aliphatic rings. The van der Waals surface area contributed by atoms with Crippen molar-refractivity contribution in [2.45, 2.75) is 46.6 Å². The number of aromatic nitrogens is 2. The lowest BCUT2D eigenvalue weighted by Crippen LogP contribution is -2.46. The Bertz CT molecular complexity index is 1150. The molecule has 172 valence electrons. The molecule has 0 aliphatic carbocycles. The summed E-state index contributed by atoms with van der Waals surface area (Å²) in [4.78, 5) is 6.91. The molecule has 1 atom stereocenters. The quantitative estimate of drug-likeness (QED) is 0.381. The average Bonchev–Trinajstić information content (AvgIpc) is 3.28. The summed E-state index contributed by atoms with van der Waals surface area (Å²) in [6.45, 7) is 9.51. The Balaban J connectivity index is 1.77. The second-order valence-corrected chi connectivity index (χ2v) is 9.56. The largest absolute Gasteiger partial charge is 0.351 e. The molecule has 0 saturated carbocycles. The highest BCUT2D eigenvalue weighted by atomic mass is 35.5. The van der Waals surface area contributed by atoms with Gasteiger partial charge in [0.05, 0.1) is 11.6 Å². The molecule has 0 bridgehead atoms. The Hall–Kier alpha value is -2.70. The van der Waals surface area contributed by atoms with Gasteiger partial charge in [0.1, 0.15) is 0 Å². The number of halogens is 1. The first-order valence-electron chi connectivity index (χ1n) is 11.3. The highest BCUT2D eigenvalue weighted by Crippen LogP contribution is 2.37. The molecule has 1 N–H and O–H groups in total. The highest BCUT2D eigenvalue weighted by Gasteiger charge is 2.34. The molecule has 0 radical (unpaired) electrons. The first-order chi connectivity index (χ1) is 15.9.